The van der Waals surface area contributed by atoms with Crippen molar-refractivity contribution >= 4 is 0 Å². The van der Waals surface area contributed by atoms with Crippen molar-refractivity contribution in [1.82, 2.24) is 10.5 Å². The van der Waals surface area contributed by atoms with Crippen molar-refractivity contribution in [3.8, 4) is 0 Å². The number of hydrogen-bond donors (Lipinski definition) is 1. The van der Waals surface area contributed by atoms with Gasteiger partial charge in [-0.2, -0.15) is 0 Å². The first-order valence-corrected chi connectivity index (χ1v) is 6.87. The maximum atomic E-state index is 5.72. The van der Waals surface area contributed by atoms with Crippen LogP contribution < -0.4 is 5.32 Å². The normalized spacial score (nSPS) is 13.1. The van der Waals surface area contributed by atoms with E-state index in [1.54, 1.807) is 0 Å². The summed E-state index contributed by atoms with van der Waals surface area (Å²) in [5, 5.41) is 7.42. The molecule has 0 amide bonds. The van der Waals surface area contributed by atoms with E-state index in [1.807, 2.05) is 18.2 Å². The van der Waals surface area contributed by atoms with Crippen molar-refractivity contribution in [2.45, 2.75) is 52.6 Å². The van der Waals surface area contributed by atoms with E-state index < -0.39 is 0 Å². The minimum atomic E-state index is 0.160. The highest BCUT2D eigenvalue weighted by molar-refractivity contribution is 5.11. The molecule has 1 N–H and O–H groups in total. The maximum Gasteiger partial charge on any atom is 0.150 e. The lowest BCUT2D eigenvalue weighted by molar-refractivity contribution is 0.347. The van der Waals surface area contributed by atoms with Gasteiger partial charge in [-0.3, -0.25) is 0 Å². The Kier molecular flexibility index (Phi) is 4.43. The molecule has 0 aliphatic carbocycles. The van der Waals surface area contributed by atoms with Gasteiger partial charge in [0.25, 0.3) is 0 Å². The summed E-state index contributed by atoms with van der Waals surface area (Å²) in [5.74, 6) is 3.23. The molecule has 2 heterocycles. The fraction of sp³-hybridized carbons (Fsp3) is 0.533. The zero-order chi connectivity index (χ0) is 13.8. The Morgan fingerprint density at radius 1 is 1.21 bits per heavy atom. The number of hydrogen-bond acceptors (Lipinski definition) is 4. The third kappa shape index (κ3) is 3.47. The van der Waals surface area contributed by atoms with Crippen molar-refractivity contribution in [3.05, 3.63) is 41.2 Å². The van der Waals surface area contributed by atoms with Gasteiger partial charge < -0.3 is 14.3 Å². The van der Waals surface area contributed by atoms with Gasteiger partial charge in [0.15, 0.2) is 5.76 Å². The van der Waals surface area contributed by atoms with Crippen molar-refractivity contribution in [2.75, 3.05) is 0 Å². The second-order valence-electron chi connectivity index (χ2n) is 5.13. The summed E-state index contributed by atoms with van der Waals surface area (Å²) in [6.07, 6.45) is 0.923. The first-order chi connectivity index (χ1) is 9.10. The molecule has 1 atom stereocenters. The topological polar surface area (TPSA) is 51.2 Å². The standard InChI is InChI=1S/C15H22N2O2/c1-5-12-6-7-15(18-12)11(4)16-9-13-8-14(10(2)3)17-19-13/h6-8,10-11,16H,5,9H2,1-4H3/t11-/m1/s1. The molecule has 0 aliphatic rings. The molecule has 0 saturated carbocycles. The molecule has 0 unspecified atom stereocenters. The largest absolute Gasteiger partial charge is 0.464 e. The van der Waals surface area contributed by atoms with E-state index in [1.165, 1.54) is 0 Å². The minimum absolute atomic E-state index is 0.160. The van der Waals surface area contributed by atoms with Crippen LogP contribution in [0.25, 0.3) is 0 Å². The van der Waals surface area contributed by atoms with Crippen LogP contribution in [-0.2, 0) is 13.0 Å². The van der Waals surface area contributed by atoms with Crippen LogP contribution in [0.1, 0.15) is 62.6 Å². The van der Waals surface area contributed by atoms with Crippen LogP contribution in [-0.4, -0.2) is 5.16 Å². The summed E-state index contributed by atoms with van der Waals surface area (Å²) >= 11 is 0. The first kappa shape index (κ1) is 13.9. The van der Waals surface area contributed by atoms with Crippen molar-refractivity contribution in [1.29, 1.82) is 0 Å². The van der Waals surface area contributed by atoms with Gasteiger partial charge in [-0.05, 0) is 25.0 Å². The van der Waals surface area contributed by atoms with E-state index >= 15 is 0 Å². The molecule has 0 spiro atoms. The Hall–Kier alpha value is -1.55. The maximum absolute atomic E-state index is 5.72. The quantitative estimate of drug-likeness (QED) is 0.860. The van der Waals surface area contributed by atoms with Gasteiger partial charge in [0, 0.05) is 12.5 Å². The van der Waals surface area contributed by atoms with Gasteiger partial charge in [0.2, 0.25) is 0 Å². The van der Waals surface area contributed by atoms with Gasteiger partial charge in [0.05, 0.1) is 18.3 Å². The first-order valence-electron chi connectivity index (χ1n) is 6.87. The summed E-state index contributed by atoms with van der Waals surface area (Å²) in [6, 6.07) is 6.21. The second kappa shape index (κ2) is 6.06. The lowest BCUT2D eigenvalue weighted by Crippen LogP contribution is -2.17. The van der Waals surface area contributed by atoms with Crippen molar-refractivity contribution in [2.24, 2.45) is 0 Å². The predicted octanol–water partition coefficient (Wildman–Crippen LogP) is 3.80. The van der Waals surface area contributed by atoms with Gasteiger partial charge >= 0.3 is 0 Å². The molecule has 0 aromatic carbocycles. The number of furan rings is 1. The third-order valence-corrected chi connectivity index (χ3v) is 3.21. The van der Waals surface area contributed by atoms with Crippen LogP contribution in [0.2, 0.25) is 0 Å². The molecule has 2 rings (SSSR count). The number of nitrogens with one attached hydrogen (secondary N) is 1. The summed E-state index contributed by atoms with van der Waals surface area (Å²) in [5.41, 5.74) is 0.996. The lowest BCUT2D eigenvalue weighted by Gasteiger charge is -2.09. The van der Waals surface area contributed by atoms with E-state index in [2.05, 4.69) is 38.2 Å². The minimum Gasteiger partial charge on any atom is -0.464 e. The zero-order valence-electron chi connectivity index (χ0n) is 12.1. The van der Waals surface area contributed by atoms with E-state index in [0.717, 1.165) is 29.4 Å². The molecule has 0 saturated heterocycles. The highest BCUT2D eigenvalue weighted by Gasteiger charge is 2.12. The third-order valence-electron chi connectivity index (χ3n) is 3.21. The molecule has 4 heteroatoms. The Bertz CT molecular complexity index is 514. The van der Waals surface area contributed by atoms with E-state index in [0.29, 0.717) is 12.5 Å². The summed E-state index contributed by atoms with van der Waals surface area (Å²) in [6.45, 7) is 9.03. The van der Waals surface area contributed by atoms with Gasteiger partial charge in [-0.15, -0.1) is 0 Å². The molecule has 4 nitrogen and oxygen atoms in total. The average Bonchev–Trinajstić information content (AvgIpc) is 3.04. The van der Waals surface area contributed by atoms with Crippen LogP contribution in [0.15, 0.2) is 27.1 Å². The summed E-state index contributed by atoms with van der Waals surface area (Å²) < 4.78 is 11.0. The monoisotopic (exact) mass is 262 g/mol. The zero-order valence-corrected chi connectivity index (χ0v) is 12.1. The summed E-state index contributed by atoms with van der Waals surface area (Å²) in [4.78, 5) is 0. The molecular formula is C15H22N2O2. The number of nitrogens with zero attached hydrogens (tertiary/aromatic N) is 1. The molecule has 2 aromatic rings. The molecular weight excluding hydrogens is 240 g/mol. The van der Waals surface area contributed by atoms with Crippen LogP contribution in [0.4, 0.5) is 0 Å². The highest BCUT2D eigenvalue weighted by atomic mass is 16.5. The van der Waals surface area contributed by atoms with E-state index in [-0.39, 0.29) is 6.04 Å². The second-order valence-corrected chi connectivity index (χ2v) is 5.13. The molecule has 0 bridgehead atoms. The molecule has 0 radical (unpaired) electrons. The van der Waals surface area contributed by atoms with E-state index in [9.17, 15) is 0 Å². The Morgan fingerprint density at radius 3 is 2.58 bits per heavy atom. The summed E-state index contributed by atoms with van der Waals surface area (Å²) in [7, 11) is 0. The SMILES string of the molecule is CCc1ccc([C@@H](C)NCc2cc(C(C)C)no2)o1. The van der Waals surface area contributed by atoms with Crippen molar-refractivity contribution < 1.29 is 8.94 Å². The van der Waals surface area contributed by atoms with E-state index in [4.69, 9.17) is 8.94 Å². The van der Waals surface area contributed by atoms with Crippen molar-refractivity contribution in [3.63, 3.8) is 0 Å². The van der Waals surface area contributed by atoms with Crippen LogP contribution in [0.5, 0.6) is 0 Å². The molecule has 0 fully saturated rings. The predicted molar refractivity (Wildman–Crippen MR) is 73.9 cm³/mol. The van der Waals surface area contributed by atoms with Gasteiger partial charge in [-0.1, -0.05) is 25.9 Å². The average molecular weight is 262 g/mol. The van der Waals surface area contributed by atoms with Crippen LogP contribution in [0, 0.1) is 0 Å². The molecule has 2 aromatic heterocycles. The Labute approximate surface area is 114 Å². The van der Waals surface area contributed by atoms with Crippen LogP contribution >= 0.6 is 0 Å². The molecule has 104 valence electrons. The lowest BCUT2D eigenvalue weighted by atomic mass is 10.1. The fourth-order valence-electron chi connectivity index (χ4n) is 1.86. The Morgan fingerprint density at radius 2 is 2.00 bits per heavy atom. The van der Waals surface area contributed by atoms with Crippen LogP contribution in [0.3, 0.4) is 0 Å². The van der Waals surface area contributed by atoms with Gasteiger partial charge in [-0.25, -0.2) is 0 Å². The number of aromatic nitrogens is 1. The fourth-order valence-corrected chi connectivity index (χ4v) is 1.86. The van der Waals surface area contributed by atoms with Gasteiger partial charge in [0.1, 0.15) is 11.5 Å². The Balaban J connectivity index is 1.90. The molecule has 19 heavy (non-hydrogen) atoms. The smallest absolute Gasteiger partial charge is 0.150 e. The molecule has 0 aliphatic heterocycles. The number of rotatable bonds is 6. The number of aryl methyl sites for hydroxylation is 1. The highest BCUT2D eigenvalue weighted by Crippen LogP contribution is 2.18.